The Kier molecular flexibility index (Phi) is 2.45. The van der Waals surface area contributed by atoms with Gasteiger partial charge in [-0.25, -0.2) is 4.98 Å². The first-order valence-corrected chi connectivity index (χ1v) is 3.55. The zero-order chi connectivity index (χ0) is 7.84. The average Bonchev–Trinajstić information content (AvgIpc) is 2.31. The number of aromatic nitrogens is 2. The van der Waals surface area contributed by atoms with Crippen LogP contribution in [0.2, 0.25) is 5.02 Å². The highest BCUT2D eigenvalue weighted by atomic mass is 35.5. The molecule has 2 aromatic rings. The van der Waals surface area contributed by atoms with E-state index in [1.54, 1.807) is 6.07 Å². The number of anilines is 1. The van der Waals surface area contributed by atoms with E-state index in [9.17, 15) is 0 Å². The predicted molar refractivity (Wildman–Crippen MR) is 52.8 cm³/mol. The molecular weight excluding hydrogens is 197 g/mol. The Hall–Kier alpha value is -0.930. The third-order valence-corrected chi connectivity index (χ3v) is 1.79. The minimum absolute atomic E-state index is 0. The minimum Gasteiger partial charge on any atom is -0.369 e. The van der Waals surface area contributed by atoms with E-state index in [-0.39, 0.29) is 12.4 Å². The molecule has 3 N–H and O–H groups in total. The number of nitrogens with one attached hydrogen (secondary N) is 1. The molecule has 0 fully saturated rings. The van der Waals surface area contributed by atoms with Crippen LogP contribution in [0.1, 0.15) is 0 Å². The van der Waals surface area contributed by atoms with Gasteiger partial charge < -0.3 is 10.7 Å². The third kappa shape index (κ3) is 1.33. The van der Waals surface area contributed by atoms with Crippen molar-refractivity contribution >= 4 is 41.0 Å². The Bertz CT molecular complexity index is 396. The SMILES string of the molecule is Cl.Nc1nc2c(Cl)cccc2[nH]1. The van der Waals surface area contributed by atoms with Crippen LogP contribution in [0.25, 0.3) is 11.0 Å². The second kappa shape index (κ2) is 3.21. The number of benzene rings is 1. The number of fused-ring (bicyclic) bond motifs is 1. The molecule has 12 heavy (non-hydrogen) atoms. The van der Waals surface area contributed by atoms with Crippen molar-refractivity contribution in [3.63, 3.8) is 0 Å². The average molecular weight is 204 g/mol. The van der Waals surface area contributed by atoms with Gasteiger partial charge in [0.15, 0.2) is 5.95 Å². The maximum Gasteiger partial charge on any atom is 0.198 e. The van der Waals surface area contributed by atoms with Crippen LogP contribution in [-0.2, 0) is 0 Å². The molecule has 0 bridgehead atoms. The molecule has 0 saturated carbocycles. The number of hydrogen-bond acceptors (Lipinski definition) is 2. The van der Waals surface area contributed by atoms with E-state index in [0.717, 1.165) is 11.0 Å². The van der Waals surface area contributed by atoms with Gasteiger partial charge in [-0.1, -0.05) is 17.7 Å². The lowest BCUT2D eigenvalue weighted by Crippen LogP contribution is -1.84. The molecule has 2 rings (SSSR count). The topological polar surface area (TPSA) is 54.7 Å². The van der Waals surface area contributed by atoms with Crippen LogP contribution in [0.5, 0.6) is 0 Å². The van der Waals surface area contributed by atoms with Gasteiger partial charge >= 0.3 is 0 Å². The number of hydrogen-bond donors (Lipinski definition) is 2. The summed E-state index contributed by atoms with van der Waals surface area (Å²) in [5, 5.41) is 0.621. The van der Waals surface area contributed by atoms with Crippen molar-refractivity contribution in [1.29, 1.82) is 0 Å². The fourth-order valence-electron chi connectivity index (χ4n) is 1.02. The number of nitrogens with zero attached hydrogens (tertiary/aromatic N) is 1. The van der Waals surface area contributed by atoms with Gasteiger partial charge in [0.2, 0.25) is 0 Å². The van der Waals surface area contributed by atoms with E-state index in [2.05, 4.69) is 9.97 Å². The quantitative estimate of drug-likeness (QED) is 0.691. The van der Waals surface area contributed by atoms with Gasteiger partial charge in [0.25, 0.3) is 0 Å². The maximum atomic E-state index is 5.83. The second-order valence-corrected chi connectivity index (χ2v) is 2.67. The molecule has 5 heteroatoms. The molecule has 1 aromatic heterocycles. The van der Waals surface area contributed by atoms with Crippen molar-refractivity contribution in [2.24, 2.45) is 0 Å². The molecule has 3 nitrogen and oxygen atoms in total. The smallest absolute Gasteiger partial charge is 0.198 e. The van der Waals surface area contributed by atoms with Crippen LogP contribution < -0.4 is 5.73 Å². The largest absolute Gasteiger partial charge is 0.369 e. The number of imidazole rings is 1. The summed E-state index contributed by atoms with van der Waals surface area (Å²) in [6, 6.07) is 5.51. The molecule has 0 aliphatic carbocycles. The van der Waals surface area contributed by atoms with Crippen LogP contribution in [-0.4, -0.2) is 9.97 Å². The summed E-state index contributed by atoms with van der Waals surface area (Å²) in [5.41, 5.74) is 7.03. The van der Waals surface area contributed by atoms with Gasteiger partial charge in [-0.2, -0.15) is 0 Å². The number of para-hydroxylation sites is 1. The standard InChI is InChI=1S/C7H6ClN3.ClH/c8-4-2-1-3-5-6(4)11-7(9)10-5;/h1-3H,(H3,9,10,11);1H. The molecule has 0 spiro atoms. The number of nitrogen functional groups attached to an aromatic ring is 1. The van der Waals surface area contributed by atoms with Crippen LogP contribution in [0, 0.1) is 0 Å². The molecule has 0 unspecified atom stereocenters. The zero-order valence-electron chi connectivity index (χ0n) is 6.04. The van der Waals surface area contributed by atoms with Crippen molar-refractivity contribution in [3.05, 3.63) is 23.2 Å². The van der Waals surface area contributed by atoms with E-state index in [1.807, 2.05) is 12.1 Å². The highest BCUT2D eigenvalue weighted by molar-refractivity contribution is 6.34. The number of H-pyrrole nitrogens is 1. The van der Waals surface area contributed by atoms with Crippen molar-refractivity contribution in [1.82, 2.24) is 9.97 Å². The van der Waals surface area contributed by atoms with Gasteiger partial charge in [0.05, 0.1) is 10.5 Å². The van der Waals surface area contributed by atoms with Crippen molar-refractivity contribution in [3.8, 4) is 0 Å². The minimum atomic E-state index is 0. The lowest BCUT2D eigenvalue weighted by molar-refractivity contribution is 1.35. The highest BCUT2D eigenvalue weighted by Crippen LogP contribution is 2.20. The number of nitrogens with two attached hydrogens (primary N) is 1. The van der Waals surface area contributed by atoms with Crippen LogP contribution >= 0.6 is 24.0 Å². The number of rotatable bonds is 0. The Morgan fingerprint density at radius 3 is 2.83 bits per heavy atom. The molecule has 0 atom stereocenters. The van der Waals surface area contributed by atoms with Crippen molar-refractivity contribution in [2.45, 2.75) is 0 Å². The molecule has 0 saturated heterocycles. The Labute approximate surface area is 80.3 Å². The summed E-state index contributed by atoms with van der Waals surface area (Å²) in [4.78, 5) is 6.88. The second-order valence-electron chi connectivity index (χ2n) is 2.26. The van der Waals surface area contributed by atoms with Gasteiger partial charge in [0, 0.05) is 0 Å². The lowest BCUT2D eigenvalue weighted by Gasteiger charge is -1.87. The van der Waals surface area contributed by atoms with Crippen molar-refractivity contribution < 1.29 is 0 Å². The first-order valence-electron chi connectivity index (χ1n) is 3.17. The van der Waals surface area contributed by atoms with Crippen LogP contribution in [0.4, 0.5) is 5.95 Å². The maximum absolute atomic E-state index is 5.83. The van der Waals surface area contributed by atoms with Crippen molar-refractivity contribution in [2.75, 3.05) is 5.73 Å². The molecule has 64 valence electrons. The fourth-order valence-corrected chi connectivity index (χ4v) is 1.23. The van der Waals surface area contributed by atoms with Gasteiger partial charge in [-0.3, -0.25) is 0 Å². The number of aromatic amines is 1. The van der Waals surface area contributed by atoms with E-state index in [4.69, 9.17) is 17.3 Å². The monoisotopic (exact) mass is 203 g/mol. The van der Waals surface area contributed by atoms with E-state index in [1.165, 1.54) is 0 Å². The van der Waals surface area contributed by atoms with Gasteiger partial charge in [-0.05, 0) is 12.1 Å². The Morgan fingerprint density at radius 1 is 1.42 bits per heavy atom. The molecule has 0 aliphatic rings. The summed E-state index contributed by atoms with van der Waals surface area (Å²) >= 11 is 5.83. The van der Waals surface area contributed by atoms with E-state index in [0.29, 0.717) is 11.0 Å². The van der Waals surface area contributed by atoms with E-state index >= 15 is 0 Å². The summed E-state index contributed by atoms with van der Waals surface area (Å²) in [5.74, 6) is 0.396. The fraction of sp³-hybridized carbons (Fsp3) is 0. The first kappa shape index (κ1) is 9.16. The third-order valence-electron chi connectivity index (χ3n) is 1.48. The molecule has 0 radical (unpaired) electrons. The zero-order valence-corrected chi connectivity index (χ0v) is 7.62. The molecular formula is C7H7Cl2N3. The molecule has 1 heterocycles. The number of halogens is 2. The Morgan fingerprint density at radius 2 is 2.17 bits per heavy atom. The highest BCUT2D eigenvalue weighted by Gasteiger charge is 2.01. The summed E-state index contributed by atoms with van der Waals surface area (Å²) in [6.07, 6.45) is 0. The summed E-state index contributed by atoms with van der Waals surface area (Å²) < 4.78 is 0. The summed E-state index contributed by atoms with van der Waals surface area (Å²) in [6.45, 7) is 0. The molecule has 0 aliphatic heterocycles. The molecule has 0 amide bonds. The van der Waals surface area contributed by atoms with Crippen LogP contribution in [0.3, 0.4) is 0 Å². The normalized spacial score (nSPS) is 9.75. The first-order chi connectivity index (χ1) is 5.27. The van der Waals surface area contributed by atoms with Crippen LogP contribution in [0.15, 0.2) is 18.2 Å². The summed E-state index contributed by atoms with van der Waals surface area (Å²) in [7, 11) is 0. The van der Waals surface area contributed by atoms with Gasteiger partial charge in [-0.15, -0.1) is 12.4 Å². The molecule has 1 aromatic carbocycles. The van der Waals surface area contributed by atoms with E-state index < -0.39 is 0 Å². The predicted octanol–water partition coefficient (Wildman–Crippen LogP) is 2.22. The Balaban J connectivity index is 0.000000720. The van der Waals surface area contributed by atoms with Gasteiger partial charge in [0.1, 0.15) is 5.52 Å². The lowest BCUT2D eigenvalue weighted by atomic mass is 10.3.